The number of aromatic nitrogens is 1. The Bertz CT molecular complexity index is 1170. The molecule has 2 unspecified atom stereocenters. The number of likely N-dealkylation sites (tertiary alicyclic amines) is 1. The number of rotatable bonds is 8. The number of nitrogens with one attached hydrogen (secondary N) is 1. The highest BCUT2D eigenvalue weighted by Gasteiger charge is 2.23. The number of para-hydroxylation sites is 1. The van der Waals surface area contributed by atoms with E-state index in [2.05, 4.69) is 24.8 Å². The smallest absolute Gasteiger partial charge is 0.258 e. The Kier molecular flexibility index (Phi) is 9.67. The first-order chi connectivity index (χ1) is 17.0. The fourth-order valence-electron chi connectivity index (χ4n) is 5.27. The van der Waals surface area contributed by atoms with Crippen molar-refractivity contribution in [3.05, 3.63) is 70.5 Å². The van der Waals surface area contributed by atoms with Crippen molar-refractivity contribution in [3.8, 4) is 11.1 Å². The Morgan fingerprint density at radius 2 is 1.63 bits per heavy atom. The largest absolute Gasteiger partial charge is 0.384 e. The molecule has 0 amide bonds. The van der Waals surface area contributed by atoms with Crippen molar-refractivity contribution in [2.75, 3.05) is 6.54 Å². The molecular weight excluding hydrogens is 432 g/mol. The minimum Gasteiger partial charge on any atom is -0.384 e. The zero-order valence-electron chi connectivity index (χ0n) is 21.9. The minimum atomic E-state index is 0.00954. The Hall–Kier alpha value is -2.92. The Balaban J connectivity index is 0.00000167. The summed E-state index contributed by atoms with van der Waals surface area (Å²) in [6.07, 6.45) is 7.23. The quantitative estimate of drug-likeness (QED) is 0.225. The summed E-state index contributed by atoms with van der Waals surface area (Å²) in [6, 6.07) is 18.8. The van der Waals surface area contributed by atoms with Crippen LogP contribution in [0, 0.1) is 5.41 Å². The number of hydrogen-bond donors (Lipinski definition) is 2. The van der Waals surface area contributed by atoms with Gasteiger partial charge in [0.2, 0.25) is 0 Å². The first-order valence-corrected chi connectivity index (χ1v) is 13.3. The summed E-state index contributed by atoms with van der Waals surface area (Å²) in [6.45, 7) is 10.6. The van der Waals surface area contributed by atoms with Gasteiger partial charge in [-0.3, -0.25) is 15.1 Å². The van der Waals surface area contributed by atoms with Crippen molar-refractivity contribution in [1.29, 1.82) is 5.41 Å². The Labute approximate surface area is 210 Å². The van der Waals surface area contributed by atoms with Crippen molar-refractivity contribution < 1.29 is 0 Å². The van der Waals surface area contributed by atoms with Crippen molar-refractivity contribution in [2.45, 2.75) is 84.8 Å². The highest BCUT2D eigenvalue weighted by molar-refractivity contribution is 5.96. The molecule has 35 heavy (non-hydrogen) atoms. The molecule has 3 aromatic rings. The van der Waals surface area contributed by atoms with Crippen LogP contribution < -0.4 is 11.3 Å². The molecule has 0 saturated carbocycles. The number of pyridine rings is 1. The summed E-state index contributed by atoms with van der Waals surface area (Å²) in [7, 11) is 0. The lowest BCUT2D eigenvalue weighted by molar-refractivity contribution is 0.101. The second-order valence-corrected chi connectivity index (χ2v) is 9.50. The van der Waals surface area contributed by atoms with E-state index >= 15 is 0 Å². The van der Waals surface area contributed by atoms with Crippen LogP contribution in [0.1, 0.15) is 71.8 Å². The highest BCUT2D eigenvalue weighted by atomic mass is 16.1. The fourth-order valence-corrected chi connectivity index (χ4v) is 5.27. The summed E-state index contributed by atoms with van der Waals surface area (Å²) < 4.78 is 1.93. The maximum atomic E-state index is 13.5. The molecule has 3 N–H and O–H groups in total. The Morgan fingerprint density at radius 3 is 2.34 bits per heavy atom. The highest BCUT2D eigenvalue weighted by Crippen LogP contribution is 2.24. The average Bonchev–Trinajstić information content (AvgIpc) is 2.87. The molecule has 1 fully saturated rings. The molecule has 4 rings (SSSR count). The third-order valence-electron chi connectivity index (χ3n) is 7.16. The number of aryl methyl sites for hydroxylation is 1. The summed E-state index contributed by atoms with van der Waals surface area (Å²) >= 11 is 0. The van der Waals surface area contributed by atoms with Gasteiger partial charge in [0.1, 0.15) is 5.84 Å². The molecule has 0 spiro atoms. The van der Waals surface area contributed by atoms with Crippen LogP contribution in [0.25, 0.3) is 22.0 Å². The molecule has 1 aromatic heterocycles. The lowest BCUT2D eigenvalue weighted by Crippen LogP contribution is -2.44. The number of piperidine rings is 1. The zero-order valence-corrected chi connectivity index (χ0v) is 21.9. The van der Waals surface area contributed by atoms with Crippen LogP contribution >= 0.6 is 0 Å². The van der Waals surface area contributed by atoms with Crippen LogP contribution in [0.2, 0.25) is 0 Å². The Morgan fingerprint density at radius 1 is 0.943 bits per heavy atom. The third kappa shape index (κ3) is 6.40. The molecule has 0 aliphatic carbocycles. The van der Waals surface area contributed by atoms with Crippen LogP contribution in [0.4, 0.5) is 0 Å². The average molecular weight is 475 g/mol. The van der Waals surface area contributed by atoms with Crippen molar-refractivity contribution in [3.63, 3.8) is 0 Å². The number of unbranched alkanes of at least 4 members (excludes halogenated alkanes) is 2. The topological polar surface area (TPSA) is 75.1 Å². The van der Waals surface area contributed by atoms with E-state index in [0.717, 1.165) is 35.9 Å². The molecule has 2 aromatic carbocycles. The van der Waals surface area contributed by atoms with E-state index in [1.165, 1.54) is 25.7 Å². The van der Waals surface area contributed by atoms with Gasteiger partial charge in [-0.15, -0.1) is 0 Å². The maximum Gasteiger partial charge on any atom is 0.258 e. The molecule has 2 atom stereocenters. The molecule has 0 bridgehead atoms. The second kappa shape index (κ2) is 12.7. The van der Waals surface area contributed by atoms with Crippen molar-refractivity contribution in [1.82, 2.24) is 9.47 Å². The van der Waals surface area contributed by atoms with Crippen LogP contribution in [0.5, 0.6) is 0 Å². The molecular formula is C30H42N4O. The van der Waals surface area contributed by atoms with Crippen LogP contribution in [-0.4, -0.2) is 33.9 Å². The lowest BCUT2D eigenvalue weighted by atomic mass is 9.97. The molecule has 1 aliphatic rings. The van der Waals surface area contributed by atoms with E-state index in [9.17, 15) is 4.79 Å². The predicted molar refractivity (Wildman–Crippen MR) is 149 cm³/mol. The van der Waals surface area contributed by atoms with Crippen molar-refractivity contribution >= 4 is 16.7 Å². The number of nitrogens with zero attached hydrogens (tertiary/aromatic N) is 2. The van der Waals surface area contributed by atoms with Crippen LogP contribution in [0.3, 0.4) is 0 Å². The van der Waals surface area contributed by atoms with Gasteiger partial charge in [0, 0.05) is 29.8 Å². The first kappa shape index (κ1) is 26.7. The molecule has 5 nitrogen and oxygen atoms in total. The molecule has 0 radical (unpaired) electrons. The molecule has 2 heterocycles. The minimum absolute atomic E-state index is 0.00954. The van der Waals surface area contributed by atoms with E-state index in [0.29, 0.717) is 29.8 Å². The zero-order chi connectivity index (χ0) is 25.4. The number of benzene rings is 2. The lowest BCUT2D eigenvalue weighted by Gasteiger charge is -2.39. The number of amidine groups is 1. The van der Waals surface area contributed by atoms with Gasteiger partial charge >= 0.3 is 0 Å². The van der Waals surface area contributed by atoms with E-state index in [1.54, 1.807) is 6.07 Å². The molecule has 5 heteroatoms. The molecule has 188 valence electrons. The third-order valence-corrected chi connectivity index (χ3v) is 7.16. The van der Waals surface area contributed by atoms with Gasteiger partial charge in [-0.2, -0.15) is 0 Å². The van der Waals surface area contributed by atoms with E-state index in [-0.39, 0.29) is 11.4 Å². The number of hydrogen-bond acceptors (Lipinski definition) is 3. The monoisotopic (exact) mass is 474 g/mol. The van der Waals surface area contributed by atoms with Gasteiger partial charge in [0.05, 0.1) is 5.52 Å². The van der Waals surface area contributed by atoms with Gasteiger partial charge in [0.15, 0.2) is 0 Å². The van der Waals surface area contributed by atoms with Gasteiger partial charge in [0.25, 0.3) is 5.56 Å². The van der Waals surface area contributed by atoms with Crippen LogP contribution in [0.15, 0.2) is 59.4 Å². The van der Waals surface area contributed by atoms with Gasteiger partial charge in [-0.05, 0) is 75.2 Å². The number of fused-ring (bicyclic) bond motifs is 1. The van der Waals surface area contributed by atoms with Crippen molar-refractivity contribution in [2.24, 2.45) is 5.73 Å². The number of nitrogens with two attached hydrogens (primary N) is 1. The van der Waals surface area contributed by atoms with Crippen LogP contribution in [-0.2, 0) is 6.54 Å². The normalized spacial score (nSPS) is 18.2. The predicted octanol–water partition coefficient (Wildman–Crippen LogP) is 6.41. The fraction of sp³-hybridized carbons (Fsp3) is 0.467. The summed E-state index contributed by atoms with van der Waals surface area (Å²) in [5, 5.41) is 8.79. The number of nitrogen functional groups attached to an aromatic ring is 1. The first-order valence-electron chi connectivity index (χ1n) is 13.3. The van der Waals surface area contributed by atoms with Gasteiger partial charge in [-0.1, -0.05) is 63.1 Å². The second-order valence-electron chi connectivity index (χ2n) is 9.50. The van der Waals surface area contributed by atoms with E-state index < -0.39 is 0 Å². The summed E-state index contributed by atoms with van der Waals surface area (Å²) in [4.78, 5) is 16.2. The van der Waals surface area contributed by atoms with Gasteiger partial charge in [-0.25, -0.2) is 0 Å². The standard InChI is InChI=1S/C28H36N4O.C2H6/c1-20-10-8-11-21(2)31(20)16-6-3-7-17-32-26-15-5-4-12-23(26)19-25(28(32)33)22-13-9-14-24(18-22)27(29)30;1-2/h4-5,9,12-15,18-21H,3,6-8,10-11,16-17H2,1-2H3,(H3,29,30);1-2H3. The van der Waals surface area contributed by atoms with E-state index in [1.807, 2.05) is 60.9 Å². The summed E-state index contributed by atoms with van der Waals surface area (Å²) in [5.41, 5.74) is 8.78. The molecule has 1 saturated heterocycles. The van der Waals surface area contributed by atoms with E-state index in [4.69, 9.17) is 11.1 Å². The SMILES string of the molecule is CC.CC1CCCC(C)N1CCCCCn1c(=O)c(-c2cccc(C(=N)N)c2)cc2ccccc21. The maximum absolute atomic E-state index is 13.5. The van der Waals surface area contributed by atoms with Gasteiger partial charge < -0.3 is 10.3 Å². The summed E-state index contributed by atoms with van der Waals surface area (Å²) in [5.74, 6) is 0.00954. The molecule has 1 aliphatic heterocycles.